The molecule has 0 aromatic heterocycles. The van der Waals surface area contributed by atoms with Gasteiger partial charge in [0, 0.05) is 11.6 Å². The molecule has 1 nitrogen and oxygen atoms in total. The van der Waals surface area contributed by atoms with Crippen LogP contribution in [0, 0.1) is 5.82 Å². The molecule has 0 unspecified atom stereocenters. The third-order valence-electron chi connectivity index (χ3n) is 1.99. The van der Waals surface area contributed by atoms with Gasteiger partial charge in [0.25, 0.3) is 0 Å². The summed E-state index contributed by atoms with van der Waals surface area (Å²) in [6, 6.07) is 6.40. The van der Waals surface area contributed by atoms with Crippen molar-refractivity contribution < 1.29 is 4.39 Å². The highest BCUT2D eigenvalue weighted by molar-refractivity contribution is 5.20. The fourth-order valence-corrected chi connectivity index (χ4v) is 1.23. The van der Waals surface area contributed by atoms with Crippen LogP contribution in [0.3, 0.4) is 0 Å². The highest BCUT2D eigenvalue weighted by Crippen LogP contribution is 2.18. The first-order valence-electron chi connectivity index (χ1n) is 4.36. The minimum atomic E-state index is -0.223. The number of halogens is 1. The van der Waals surface area contributed by atoms with Crippen molar-refractivity contribution in [2.75, 3.05) is 0 Å². The summed E-state index contributed by atoms with van der Waals surface area (Å²) in [6.07, 6.45) is 3.35. The molecule has 2 N–H and O–H groups in total. The first-order chi connectivity index (χ1) is 6.25. The largest absolute Gasteiger partial charge is 0.324 e. The van der Waals surface area contributed by atoms with Gasteiger partial charge in [-0.3, -0.25) is 0 Å². The summed E-state index contributed by atoms with van der Waals surface area (Å²) in [5.74, 6) is -0.223. The maximum absolute atomic E-state index is 13.2. The average Bonchev–Trinajstić information content (AvgIpc) is 2.15. The van der Waals surface area contributed by atoms with Gasteiger partial charge < -0.3 is 5.73 Å². The number of nitrogens with two attached hydrogens (primary N) is 1. The molecule has 0 aliphatic carbocycles. The van der Waals surface area contributed by atoms with Crippen LogP contribution >= 0.6 is 0 Å². The molecule has 2 heteroatoms. The van der Waals surface area contributed by atoms with E-state index >= 15 is 0 Å². The van der Waals surface area contributed by atoms with Crippen LogP contribution in [0.5, 0.6) is 0 Å². The number of rotatable bonds is 4. The van der Waals surface area contributed by atoms with Gasteiger partial charge in [0.2, 0.25) is 0 Å². The molecule has 0 radical (unpaired) electrons. The van der Waals surface area contributed by atoms with Crippen molar-refractivity contribution in [1.29, 1.82) is 0 Å². The van der Waals surface area contributed by atoms with Crippen molar-refractivity contribution in [3.63, 3.8) is 0 Å². The number of hydrogen-bond donors (Lipinski definition) is 1. The van der Waals surface area contributed by atoms with Gasteiger partial charge in [-0.25, -0.2) is 4.39 Å². The number of hydrogen-bond acceptors (Lipinski definition) is 1. The quantitative estimate of drug-likeness (QED) is 0.707. The molecule has 1 aromatic rings. The standard InChI is InChI=1S/C11H14FN/c1-2-3-8-11(13)9-6-4-5-7-10(9)12/h2,4-7,11H,1,3,8,13H2/t11-/m0/s1. The molecule has 13 heavy (non-hydrogen) atoms. The van der Waals surface area contributed by atoms with Crippen LogP contribution in [0.2, 0.25) is 0 Å². The van der Waals surface area contributed by atoms with E-state index in [1.807, 2.05) is 0 Å². The molecule has 0 fully saturated rings. The molecular formula is C11H14FN. The first kappa shape index (κ1) is 9.93. The molecule has 0 spiro atoms. The highest BCUT2D eigenvalue weighted by atomic mass is 19.1. The van der Waals surface area contributed by atoms with E-state index in [4.69, 9.17) is 5.73 Å². The summed E-state index contributed by atoms with van der Waals surface area (Å²) in [7, 11) is 0. The molecule has 0 saturated carbocycles. The van der Waals surface area contributed by atoms with Crippen LogP contribution in [-0.4, -0.2) is 0 Å². The molecule has 0 aliphatic rings. The van der Waals surface area contributed by atoms with Crippen molar-refractivity contribution in [3.05, 3.63) is 48.3 Å². The fourth-order valence-electron chi connectivity index (χ4n) is 1.23. The Morgan fingerprint density at radius 2 is 2.15 bits per heavy atom. The van der Waals surface area contributed by atoms with Gasteiger partial charge in [-0.2, -0.15) is 0 Å². The van der Waals surface area contributed by atoms with Gasteiger partial charge in [-0.15, -0.1) is 6.58 Å². The molecule has 1 atom stereocenters. The lowest BCUT2D eigenvalue weighted by atomic mass is 10.0. The van der Waals surface area contributed by atoms with Gasteiger partial charge in [0.1, 0.15) is 5.82 Å². The van der Waals surface area contributed by atoms with Gasteiger partial charge in [0.05, 0.1) is 0 Å². The summed E-state index contributed by atoms with van der Waals surface area (Å²) in [6.45, 7) is 3.60. The smallest absolute Gasteiger partial charge is 0.127 e. The first-order valence-corrected chi connectivity index (χ1v) is 4.36. The van der Waals surface area contributed by atoms with Gasteiger partial charge in [-0.05, 0) is 18.9 Å². The maximum Gasteiger partial charge on any atom is 0.127 e. The van der Waals surface area contributed by atoms with Crippen LogP contribution in [0.25, 0.3) is 0 Å². The second-order valence-electron chi connectivity index (χ2n) is 2.99. The van der Waals surface area contributed by atoms with Crippen molar-refractivity contribution in [2.45, 2.75) is 18.9 Å². The van der Waals surface area contributed by atoms with Crippen LogP contribution in [0.1, 0.15) is 24.4 Å². The average molecular weight is 179 g/mol. The van der Waals surface area contributed by atoms with Gasteiger partial charge >= 0.3 is 0 Å². The van der Waals surface area contributed by atoms with Crippen LogP contribution in [0.15, 0.2) is 36.9 Å². The third-order valence-corrected chi connectivity index (χ3v) is 1.99. The number of benzene rings is 1. The lowest BCUT2D eigenvalue weighted by Gasteiger charge is -2.10. The Morgan fingerprint density at radius 3 is 2.77 bits per heavy atom. The molecule has 1 rings (SSSR count). The molecular weight excluding hydrogens is 165 g/mol. The van der Waals surface area contributed by atoms with Gasteiger partial charge in [0.15, 0.2) is 0 Å². The minimum Gasteiger partial charge on any atom is -0.324 e. The Hall–Kier alpha value is -1.15. The second kappa shape index (κ2) is 4.77. The lowest BCUT2D eigenvalue weighted by molar-refractivity contribution is 0.566. The Kier molecular flexibility index (Phi) is 3.65. The Labute approximate surface area is 78.1 Å². The molecule has 70 valence electrons. The van der Waals surface area contributed by atoms with E-state index < -0.39 is 0 Å². The zero-order valence-electron chi connectivity index (χ0n) is 7.54. The van der Waals surface area contributed by atoms with E-state index in [0.29, 0.717) is 5.56 Å². The van der Waals surface area contributed by atoms with Gasteiger partial charge in [-0.1, -0.05) is 24.3 Å². The second-order valence-corrected chi connectivity index (χ2v) is 2.99. The maximum atomic E-state index is 13.2. The summed E-state index contributed by atoms with van der Waals surface area (Å²) in [4.78, 5) is 0. The van der Waals surface area contributed by atoms with Crippen LogP contribution in [-0.2, 0) is 0 Å². The van der Waals surface area contributed by atoms with E-state index in [1.165, 1.54) is 6.07 Å². The van der Waals surface area contributed by atoms with Crippen LogP contribution in [0.4, 0.5) is 4.39 Å². The number of allylic oxidation sites excluding steroid dienone is 1. The minimum absolute atomic E-state index is 0.223. The Bertz CT molecular complexity index is 283. The van der Waals surface area contributed by atoms with E-state index in [0.717, 1.165) is 12.8 Å². The summed E-state index contributed by atoms with van der Waals surface area (Å²) in [5.41, 5.74) is 6.38. The monoisotopic (exact) mass is 179 g/mol. The molecule has 0 bridgehead atoms. The summed E-state index contributed by atoms with van der Waals surface area (Å²) >= 11 is 0. The molecule has 0 aliphatic heterocycles. The predicted molar refractivity (Wildman–Crippen MR) is 52.8 cm³/mol. The van der Waals surface area contributed by atoms with E-state index in [-0.39, 0.29) is 11.9 Å². The van der Waals surface area contributed by atoms with Crippen molar-refractivity contribution >= 4 is 0 Å². The predicted octanol–water partition coefficient (Wildman–Crippen LogP) is 2.79. The third kappa shape index (κ3) is 2.67. The molecule has 0 saturated heterocycles. The SMILES string of the molecule is C=CCC[C@H](N)c1ccccc1F. The highest BCUT2D eigenvalue weighted by Gasteiger charge is 2.08. The summed E-state index contributed by atoms with van der Waals surface area (Å²) in [5, 5.41) is 0. The van der Waals surface area contributed by atoms with Crippen molar-refractivity contribution in [3.8, 4) is 0 Å². The molecule has 1 aromatic carbocycles. The molecule has 0 amide bonds. The summed E-state index contributed by atoms with van der Waals surface area (Å²) < 4.78 is 13.2. The van der Waals surface area contributed by atoms with E-state index in [2.05, 4.69) is 6.58 Å². The fraction of sp³-hybridized carbons (Fsp3) is 0.273. The lowest BCUT2D eigenvalue weighted by Crippen LogP contribution is -2.11. The van der Waals surface area contributed by atoms with Crippen LogP contribution < -0.4 is 5.73 Å². The van der Waals surface area contributed by atoms with E-state index in [9.17, 15) is 4.39 Å². The topological polar surface area (TPSA) is 26.0 Å². The Morgan fingerprint density at radius 1 is 1.46 bits per heavy atom. The Balaban J connectivity index is 2.70. The van der Waals surface area contributed by atoms with E-state index in [1.54, 1.807) is 24.3 Å². The van der Waals surface area contributed by atoms with Crippen molar-refractivity contribution in [1.82, 2.24) is 0 Å². The molecule has 0 heterocycles. The zero-order chi connectivity index (χ0) is 9.68. The normalized spacial score (nSPS) is 12.5. The zero-order valence-corrected chi connectivity index (χ0v) is 7.54. The van der Waals surface area contributed by atoms with Crippen molar-refractivity contribution in [2.24, 2.45) is 5.73 Å².